The molecule has 2 heteroatoms. The summed E-state index contributed by atoms with van der Waals surface area (Å²) in [5.41, 5.74) is 0. The monoisotopic (exact) mass is 249 g/mol. The standard InChI is InChI=1S/C16H27NO/c1-2-3-12-5-7-16(18)14(8-12)11-17-10-13-4-6-15(17)9-13/h12-15H,2-11H2,1H3. The van der Waals surface area contributed by atoms with Crippen molar-refractivity contribution in [3.8, 4) is 0 Å². The normalized spacial score (nSPS) is 40.6. The van der Waals surface area contributed by atoms with E-state index in [-0.39, 0.29) is 0 Å². The fourth-order valence-corrected chi connectivity index (χ4v) is 4.58. The summed E-state index contributed by atoms with van der Waals surface area (Å²) < 4.78 is 0. The molecule has 102 valence electrons. The molecule has 3 aliphatic rings. The minimum atomic E-state index is 0.370. The van der Waals surface area contributed by atoms with Gasteiger partial charge < -0.3 is 0 Å². The Bertz CT molecular complexity index is 314. The molecule has 0 N–H and O–H groups in total. The van der Waals surface area contributed by atoms with Crippen LogP contribution in [0.25, 0.3) is 0 Å². The lowest BCUT2D eigenvalue weighted by molar-refractivity contribution is -0.126. The lowest BCUT2D eigenvalue weighted by Crippen LogP contribution is -2.40. The van der Waals surface area contributed by atoms with Gasteiger partial charge in [-0.2, -0.15) is 0 Å². The lowest BCUT2D eigenvalue weighted by Gasteiger charge is -2.34. The number of carbonyl (C=O) groups is 1. The molecule has 1 heterocycles. The molecular formula is C16H27NO. The summed E-state index contributed by atoms with van der Waals surface area (Å²) in [6, 6.07) is 0.828. The molecule has 18 heavy (non-hydrogen) atoms. The van der Waals surface area contributed by atoms with Crippen LogP contribution in [0.2, 0.25) is 0 Å². The fourth-order valence-electron chi connectivity index (χ4n) is 4.58. The number of Topliss-reactive ketones (excluding diaryl/α,β-unsaturated/α-hetero) is 1. The molecule has 1 aliphatic heterocycles. The molecule has 0 spiro atoms. The Kier molecular flexibility index (Phi) is 3.74. The summed E-state index contributed by atoms with van der Waals surface area (Å²) >= 11 is 0. The lowest BCUT2D eigenvalue weighted by atomic mass is 9.78. The SMILES string of the molecule is CCCC1CCC(=O)C(CN2CC3CCC2C3)C1. The quantitative estimate of drug-likeness (QED) is 0.762. The van der Waals surface area contributed by atoms with E-state index in [0.717, 1.165) is 37.3 Å². The first-order chi connectivity index (χ1) is 8.76. The van der Waals surface area contributed by atoms with Gasteiger partial charge in [0.15, 0.2) is 0 Å². The Morgan fingerprint density at radius 3 is 2.78 bits per heavy atom. The zero-order valence-electron chi connectivity index (χ0n) is 11.7. The number of hydrogen-bond acceptors (Lipinski definition) is 2. The Morgan fingerprint density at radius 2 is 2.11 bits per heavy atom. The zero-order chi connectivity index (χ0) is 12.5. The topological polar surface area (TPSA) is 20.3 Å². The Balaban J connectivity index is 1.55. The Hall–Kier alpha value is -0.370. The summed E-state index contributed by atoms with van der Waals surface area (Å²) in [5.74, 6) is 2.72. The van der Waals surface area contributed by atoms with Gasteiger partial charge in [0.1, 0.15) is 5.78 Å². The number of fused-ring (bicyclic) bond motifs is 2. The van der Waals surface area contributed by atoms with E-state index in [1.54, 1.807) is 0 Å². The molecule has 1 saturated heterocycles. The van der Waals surface area contributed by atoms with Gasteiger partial charge >= 0.3 is 0 Å². The first kappa shape index (κ1) is 12.7. The van der Waals surface area contributed by atoms with Gasteiger partial charge in [-0.15, -0.1) is 0 Å². The van der Waals surface area contributed by atoms with Crippen LogP contribution in [0.1, 0.15) is 58.3 Å². The fraction of sp³-hybridized carbons (Fsp3) is 0.938. The maximum Gasteiger partial charge on any atom is 0.137 e. The van der Waals surface area contributed by atoms with Crippen molar-refractivity contribution in [2.24, 2.45) is 17.8 Å². The van der Waals surface area contributed by atoms with E-state index < -0.39 is 0 Å². The van der Waals surface area contributed by atoms with Crippen molar-refractivity contribution in [2.45, 2.75) is 64.3 Å². The van der Waals surface area contributed by atoms with Crippen LogP contribution < -0.4 is 0 Å². The number of nitrogens with zero attached hydrogens (tertiary/aromatic N) is 1. The Morgan fingerprint density at radius 1 is 1.22 bits per heavy atom. The van der Waals surface area contributed by atoms with Crippen molar-refractivity contribution in [3.05, 3.63) is 0 Å². The molecule has 0 radical (unpaired) electrons. The minimum Gasteiger partial charge on any atom is -0.299 e. The highest BCUT2D eigenvalue weighted by Gasteiger charge is 2.40. The van der Waals surface area contributed by atoms with Crippen LogP contribution in [-0.4, -0.2) is 29.8 Å². The van der Waals surface area contributed by atoms with E-state index in [0.29, 0.717) is 11.7 Å². The number of rotatable bonds is 4. The smallest absolute Gasteiger partial charge is 0.137 e. The van der Waals surface area contributed by atoms with Crippen molar-refractivity contribution in [1.29, 1.82) is 0 Å². The second-order valence-corrected chi connectivity index (χ2v) is 6.88. The third-order valence-corrected chi connectivity index (χ3v) is 5.55. The summed E-state index contributed by atoms with van der Waals surface area (Å²) in [6.07, 6.45) is 10.1. The molecule has 2 nitrogen and oxygen atoms in total. The molecule has 4 unspecified atom stereocenters. The van der Waals surface area contributed by atoms with Crippen LogP contribution in [0.15, 0.2) is 0 Å². The first-order valence-corrected chi connectivity index (χ1v) is 8.03. The molecule has 2 bridgehead atoms. The van der Waals surface area contributed by atoms with Crippen molar-refractivity contribution in [1.82, 2.24) is 4.90 Å². The second kappa shape index (κ2) is 5.32. The third-order valence-electron chi connectivity index (χ3n) is 5.55. The largest absolute Gasteiger partial charge is 0.299 e. The highest BCUT2D eigenvalue weighted by atomic mass is 16.1. The van der Waals surface area contributed by atoms with Gasteiger partial charge in [0.2, 0.25) is 0 Å². The van der Waals surface area contributed by atoms with Gasteiger partial charge in [0.25, 0.3) is 0 Å². The second-order valence-electron chi connectivity index (χ2n) is 6.88. The van der Waals surface area contributed by atoms with Crippen LogP contribution in [0.3, 0.4) is 0 Å². The Labute approximate surface area is 111 Å². The van der Waals surface area contributed by atoms with Gasteiger partial charge in [0.05, 0.1) is 0 Å². The van der Waals surface area contributed by atoms with Gasteiger partial charge in [-0.05, 0) is 43.9 Å². The molecule has 0 aromatic rings. The van der Waals surface area contributed by atoms with Crippen LogP contribution in [0, 0.1) is 17.8 Å². The molecular weight excluding hydrogens is 222 g/mol. The molecule has 4 atom stereocenters. The average Bonchev–Trinajstić information content (AvgIpc) is 2.96. The van der Waals surface area contributed by atoms with E-state index in [9.17, 15) is 4.79 Å². The molecule has 3 fully saturated rings. The summed E-state index contributed by atoms with van der Waals surface area (Å²) in [4.78, 5) is 14.8. The van der Waals surface area contributed by atoms with Crippen molar-refractivity contribution < 1.29 is 4.79 Å². The predicted octanol–water partition coefficient (Wildman–Crippen LogP) is 3.26. The predicted molar refractivity (Wildman–Crippen MR) is 73.4 cm³/mol. The first-order valence-electron chi connectivity index (χ1n) is 8.03. The van der Waals surface area contributed by atoms with E-state index >= 15 is 0 Å². The highest BCUT2D eigenvalue weighted by Crippen LogP contribution is 2.39. The summed E-state index contributed by atoms with van der Waals surface area (Å²) in [7, 11) is 0. The van der Waals surface area contributed by atoms with Crippen LogP contribution in [-0.2, 0) is 4.79 Å². The van der Waals surface area contributed by atoms with Gasteiger partial charge in [-0.25, -0.2) is 0 Å². The maximum absolute atomic E-state index is 12.1. The summed E-state index contributed by atoms with van der Waals surface area (Å²) in [6.45, 7) is 4.64. The van der Waals surface area contributed by atoms with Gasteiger partial charge in [-0.1, -0.05) is 19.8 Å². The van der Waals surface area contributed by atoms with Gasteiger partial charge in [-0.3, -0.25) is 9.69 Å². The minimum absolute atomic E-state index is 0.370. The van der Waals surface area contributed by atoms with Crippen LogP contribution in [0.4, 0.5) is 0 Å². The number of hydrogen-bond donors (Lipinski definition) is 0. The maximum atomic E-state index is 12.1. The third kappa shape index (κ3) is 2.49. The molecule has 0 aromatic heterocycles. The van der Waals surface area contributed by atoms with Crippen molar-refractivity contribution >= 4 is 5.78 Å². The molecule has 0 aromatic carbocycles. The van der Waals surface area contributed by atoms with E-state index in [1.807, 2.05) is 0 Å². The molecule has 3 rings (SSSR count). The number of ketones is 1. The van der Waals surface area contributed by atoms with Crippen molar-refractivity contribution in [3.63, 3.8) is 0 Å². The molecule has 2 aliphatic carbocycles. The van der Waals surface area contributed by atoms with Crippen LogP contribution in [0.5, 0.6) is 0 Å². The zero-order valence-corrected chi connectivity index (χ0v) is 11.7. The average molecular weight is 249 g/mol. The highest BCUT2D eigenvalue weighted by molar-refractivity contribution is 5.82. The number of likely N-dealkylation sites (tertiary alicyclic amines) is 1. The summed E-state index contributed by atoms with van der Waals surface area (Å²) in [5, 5.41) is 0. The van der Waals surface area contributed by atoms with Gasteiger partial charge in [0, 0.05) is 31.5 Å². The van der Waals surface area contributed by atoms with Crippen LogP contribution >= 0.6 is 0 Å². The molecule has 0 amide bonds. The number of piperidine rings is 1. The van der Waals surface area contributed by atoms with E-state index in [1.165, 1.54) is 45.1 Å². The van der Waals surface area contributed by atoms with E-state index in [2.05, 4.69) is 11.8 Å². The molecule has 2 saturated carbocycles. The van der Waals surface area contributed by atoms with Crippen molar-refractivity contribution in [2.75, 3.05) is 13.1 Å². The number of carbonyl (C=O) groups excluding carboxylic acids is 1. The van der Waals surface area contributed by atoms with E-state index in [4.69, 9.17) is 0 Å².